The van der Waals surface area contributed by atoms with Crippen LogP contribution in [-0.4, -0.2) is 43.8 Å². The molecule has 3 heterocycles. The van der Waals surface area contributed by atoms with Crippen molar-refractivity contribution in [2.45, 2.75) is 50.2 Å². The van der Waals surface area contributed by atoms with Gasteiger partial charge in [-0.1, -0.05) is 30.2 Å². The molecule has 3 N–H and O–H groups in total. The summed E-state index contributed by atoms with van der Waals surface area (Å²) in [5.74, 6) is -3.10. The molecule has 1 atom stereocenters. The van der Waals surface area contributed by atoms with Gasteiger partial charge in [0.05, 0.1) is 11.3 Å². The number of benzene rings is 1. The van der Waals surface area contributed by atoms with Crippen LogP contribution in [0, 0.1) is 0 Å². The number of hydrogen-bond acceptors (Lipinski definition) is 7. The van der Waals surface area contributed by atoms with Crippen LogP contribution < -0.4 is 5.73 Å². The van der Waals surface area contributed by atoms with Gasteiger partial charge < -0.3 is 20.2 Å². The molecule has 0 aliphatic carbocycles. The first kappa shape index (κ1) is 27.6. The lowest BCUT2D eigenvalue weighted by atomic mass is 9.95. The number of anilines is 1. The monoisotopic (exact) mass is 563 g/mol. The molecule has 1 aliphatic rings. The predicted molar refractivity (Wildman–Crippen MR) is 122 cm³/mol. The molecule has 0 saturated carbocycles. The molecule has 1 amide bonds. The van der Waals surface area contributed by atoms with Crippen molar-refractivity contribution >= 4 is 23.2 Å². The number of nitrogen functional groups attached to an aromatic ring is 1. The summed E-state index contributed by atoms with van der Waals surface area (Å²) in [5, 5.41) is 17.5. The number of carbonyl (C=O) groups is 1. The molecule has 38 heavy (non-hydrogen) atoms. The minimum atomic E-state index is -5.20. The third kappa shape index (κ3) is 5.41. The molecule has 0 radical (unpaired) electrons. The van der Waals surface area contributed by atoms with Gasteiger partial charge in [0.15, 0.2) is 5.69 Å². The standard InChI is InChI=1S/C23H20ClF6N5O3/c24-13-6-4-5-12(9-13)11-35-8-3-1-2-7-21(37,23(28,29)30)20-34-33-18(38-20)17-15(31)10-14(22(25,26)27)16(32-17)19(35)36/h4-6,9-10,37H,1-3,7-8,11,31H2/t21-/m1/s1. The Kier molecular flexibility index (Phi) is 7.32. The van der Waals surface area contributed by atoms with E-state index in [9.17, 15) is 36.2 Å². The summed E-state index contributed by atoms with van der Waals surface area (Å²) in [7, 11) is 0. The summed E-state index contributed by atoms with van der Waals surface area (Å²) >= 11 is 6.00. The van der Waals surface area contributed by atoms with E-state index in [2.05, 4.69) is 15.2 Å². The smallest absolute Gasteiger partial charge is 0.416 e. The number of rotatable bonds is 2. The SMILES string of the molecule is Nc1cc(C(F)(F)F)c2nc1-c1nnc(o1)[C@@](O)(C(F)(F)F)CCCCCN(Cc1cccc(Cl)c1)C2=O. The van der Waals surface area contributed by atoms with Crippen molar-refractivity contribution in [2.75, 3.05) is 12.3 Å². The second kappa shape index (κ2) is 10.1. The molecular formula is C23H20ClF6N5O3. The van der Waals surface area contributed by atoms with E-state index in [4.69, 9.17) is 21.8 Å². The van der Waals surface area contributed by atoms with E-state index >= 15 is 0 Å². The summed E-state index contributed by atoms with van der Waals surface area (Å²) in [4.78, 5) is 18.3. The van der Waals surface area contributed by atoms with E-state index in [1.54, 1.807) is 18.2 Å². The summed E-state index contributed by atoms with van der Waals surface area (Å²) in [6.45, 7) is -0.276. The van der Waals surface area contributed by atoms with Crippen LogP contribution in [0.15, 0.2) is 34.7 Å². The average Bonchev–Trinajstić information content (AvgIpc) is 3.31. The van der Waals surface area contributed by atoms with Crippen molar-refractivity contribution in [3.63, 3.8) is 0 Å². The number of aromatic nitrogens is 3. The van der Waals surface area contributed by atoms with Gasteiger partial charge in [0, 0.05) is 18.1 Å². The molecule has 1 aliphatic heterocycles. The first-order valence-corrected chi connectivity index (χ1v) is 11.6. The van der Waals surface area contributed by atoms with Gasteiger partial charge >= 0.3 is 12.4 Å². The van der Waals surface area contributed by atoms with Gasteiger partial charge in [-0.15, -0.1) is 10.2 Å². The van der Waals surface area contributed by atoms with Gasteiger partial charge in [-0.2, -0.15) is 26.3 Å². The largest absolute Gasteiger partial charge is 0.426 e. The Hall–Kier alpha value is -3.39. The molecule has 4 bridgehead atoms. The van der Waals surface area contributed by atoms with Crippen molar-refractivity contribution in [1.29, 1.82) is 0 Å². The van der Waals surface area contributed by atoms with Gasteiger partial charge in [0.1, 0.15) is 5.69 Å². The highest BCUT2D eigenvalue weighted by molar-refractivity contribution is 6.30. The summed E-state index contributed by atoms with van der Waals surface area (Å²) < 4.78 is 88.3. The van der Waals surface area contributed by atoms with Crippen molar-refractivity contribution in [3.05, 3.63) is 58.1 Å². The summed E-state index contributed by atoms with van der Waals surface area (Å²) in [5.41, 5.74) is -1.08. The molecule has 0 fully saturated rings. The molecule has 204 valence electrons. The van der Waals surface area contributed by atoms with Crippen LogP contribution in [-0.2, 0) is 18.3 Å². The van der Waals surface area contributed by atoms with Gasteiger partial charge in [-0.3, -0.25) is 4.79 Å². The Bertz CT molecular complexity index is 1350. The van der Waals surface area contributed by atoms with Crippen LogP contribution in [0.5, 0.6) is 0 Å². The maximum atomic E-state index is 13.9. The first-order valence-electron chi connectivity index (χ1n) is 11.3. The Morgan fingerprint density at radius 1 is 1.08 bits per heavy atom. The number of fused-ring (bicyclic) bond motifs is 5. The highest BCUT2D eigenvalue weighted by Crippen LogP contribution is 2.43. The van der Waals surface area contributed by atoms with Crippen LogP contribution >= 0.6 is 11.6 Å². The number of hydrogen-bond donors (Lipinski definition) is 2. The predicted octanol–water partition coefficient (Wildman–Crippen LogP) is 5.35. The molecule has 4 rings (SSSR count). The molecule has 2 aromatic heterocycles. The number of nitrogens with two attached hydrogens (primary N) is 1. The van der Waals surface area contributed by atoms with Crippen LogP contribution in [0.4, 0.5) is 32.0 Å². The Morgan fingerprint density at radius 2 is 1.82 bits per heavy atom. The summed E-state index contributed by atoms with van der Waals surface area (Å²) in [6, 6.07) is 6.74. The Balaban J connectivity index is 1.88. The highest BCUT2D eigenvalue weighted by atomic mass is 35.5. The van der Waals surface area contributed by atoms with E-state index in [0.29, 0.717) is 16.7 Å². The topological polar surface area (TPSA) is 118 Å². The summed E-state index contributed by atoms with van der Waals surface area (Å²) in [6.07, 6.45) is -11.1. The van der Waals surface area contributed by atoms with Crippen LogP contribution in [0.25, 0.3) is 11.6 Å². The average molecular weight is 564 g/mol. The molecule has 0 spiro atoms. The normalized spacial score (nSPS) is 19.4. The lowest BCUT2D eigenvalue weighted by molar-refractivity contribution is -0.277. The number of pyridine rings is 1. The number of halogens is 7. The molecule has 0 unspecified atom stereocenters. The van der Waals surface area contributed by atoms with Crippen molar-refractivity contribution < 1.29 is 40.7 Å². The zero-order chi connectivity index (χ0) is 27.9. The second-order valence-corrected chi connectivity index (χ2v) is 9.19. The zero-order valence-electron chi connectivity index (χ0n) is 19.4. The van der Waals surface area contributed by atoms with Crippen LogP contribution in [0.2, 0.25) is 5.02 Å². The fourth-order valence-electron chi connectivity index (χ4n) is 4.05. The number of carbonyl (C=O) groups excluding carboxylic acids is 1. The van der Waals surface area contributed by atoms with Gasteiger partial charge in [-0.25, -0.2) is 4.98 Å². The Morgan fingerprint density at radius 3 is 2.47 bits per heavy atom. The fraction of sp³-hybridized carbons (Fsp3) is 0.391. The van der Waals surface area contributed by atoms with Crippen molar-refractivity contribution in [2.24, 2.45) is 0 Å². The van der Waals surface area contributed by atoms with E-state index in [1.807, 2.05) is 0 Å². The van der Waals surface area contributed by atoms with E-state index < -0.39 is 64.7 Å². The van der Waals surface area contributed by atoms with Crippen LogP contribution in [0.3, 0.4) is 0 Å². The Labute approximate surface area is 216 Å². The zero-order valence-corrected chi connectivity index (χ0v) is 20.2. The first-order chi connectivity index (χ1) is 17.7. The third-order valence-corrected chi connectivity index (χ3v) is 6.26. The van der Waals surface area contributed by atoms with Crippen LogP contribution in [0.1, 0.15) is 53.2 Å². The molecule has 3 aromatic rings. The van der Waals surface area contributed by atoms with E-state index in [-0.39, 0.29) is 32.4 Å². The van der Waals surface area contributed by atoms with Gasteiger partial charge in [0.25, 0.3) is 17.7 Å². The molecule has 8 nitrogen and oxygen atoms in total. The minimum Gasteiger partial charge on any atom is -0.416 e. The lowest BCUT2D eigenvalue weighted by Crippen LogP contribution is -2.42. The number of alkyl halides is 6. The van der Waals surface area contributed by atoms with E-state index in [0.717, 1.165) is 4.90 Å². The maximum absolute atomic E-state index is 13.9. The number of amides is 1. The van der Waals surface area contributed by atoms with Crippen molar-refractivity contribution in [1.82, 2.24) is 20.1 Å². The molecule has 0 saturated heterocycles. The highest BCUT2D eigenvalue weighted by Gasteiger charge is 2.58. The molecule has 1 aromatic carbocycles. The maximum Gasteiger partial charge on any atom is 0.426 e. The van der Waals surface area contributed by atoms with Gasteiger partial charge in [0.2, 0.25) is 5.60 Å². The molecular weight excluding hydrogens is 544 g/mol. The minimum absolute atomic E-state index is 0.0885. The molecule has 15 heteroatoms. The number of aliphatic hydroxyl groups is 1. The fourth-order valence-corrected chi connectivity index (χ4v) is 4.27. The van der Waals surface area contributed by atoms with Gasteiger partial charge in [-0.05, 0) is 43.0 Å². The third-order valence-electron chi connectivity index (χ3n) is 6.03. The van der Waals surface area contributed by atoms with E-state index in [1.165, 1.54) is 6.07 Å². The van der Waals surface area contributed by atoms with Crippen molar-refractivity contribution in [3.8, 4) is 11.6 Å². The number of nitrogens with zero attached hydrogens (tertiary/aromatic N) is 4. The second-order valence-electron chi connectivity index (χ2n) is 8.76. The lowest BCUT2D eigenvalue weighted by Gasteiger charge is -2.27. The quantitative estimate of drug-likeness (QED) is 0.403.